The second-order valence-electron chi connectivity index (χ2n) is 6.45. The second-order valence-corrected chi connectivity index (χ2v) is 7.22. The maximum absolute atomic E-state index is 13.7. The summed E-state index contributed by atoms with van der Waals surface area (Å²) in [6.45, 7) is 0.595. The highest BCUT2D eigenvalue weighted by molar-refractivity contribution is 7.09. The zero-order chi connectivity index (χ0) is 21.0. The molecule has 29 heavy (non-hydrogen) atoms. The van der Waals surface area contributed by atoms with Crippen molar-refractivity contribution in [3.63, 3.8) is 0 Å². The monoisotopic (exact) mass is 421 g/mol. The number of nitrogens with zero attached hydrogens (tertiary/aromatic N) is 2. The summed E-state index contributed by atoms with van der Waals surface area (Å²) in [6, 6.07) is 5.24. The standard InChI is InChI=1S/C18H20FN5O4S/c19-10-3-1-4-11(7-10)24(9-13(25)22-8-12-5-2-6-28-12)18(27)16-14(20)15(17(21)26)23-29-16/h1,3-4,7,12H,2,5-6,8-9,20H2,(H2,21,26)(H,22,25). The van der Waals surface area contributed by atoms with Crippen LogP contribution in [0.3, 0.4) is 0 Å². The number of primary amides is 1. The van der Waals surface area contributed by atoms with Gasteiger partial charge in [-0.1, -0.05) is 6.07 Å². The van der Waals surface area contributed by atoms with Crippen LogP contribution >= 0.6 is 11.5 Å². The summed E-state index contributed by atoms with van der Waals surface area (Å²) in [5, 5.41) is 2.71. The van der Waals surface area contributed by atoms with Gasteiger partial charge in [0.25, 0.3) is 11.8 Å². The molecule has 3 amide bonds. The summed E-state index contributed by atoms with van der Waals surface area (Å²) in [5.74, 6) is -2.58. The number of amides is 3. The van der Waals surface area contributed by atoms with Gasteiger partial charge in [0.05, 0.1) is 11.8 Å². The van der Waals surface area contributed by atoms with Crippen LogP contribution in [-0.4, -0.2) is 47.9 Å². The molecule has 5 N–H and O–H groups in total. The van der Waals surface area contributed by atoms with Gasteiger partial charge in [-0.3, -0.25) is 19.3 Å². The predicted molar refractivity (Wildman–Crippen MR) is 105 cm³/mol. The van der Waals surface area contributed by atoms with Gasteiger partial charge >= 0.3 is 0 Å². The topological polar surface area (TPSA) is 141 Å². The van der Waals surface area contributed by atoms with Crippen LogP contribution in [-0.2, 0) is 9.53 Å². The molecule has 1 saturated heterocycles. The van der Waals surface area contributed by atoms with Crippen molar-refractivity contribution in [1.29, 1.82) is 0 Å². The number of nitrogens with two attached hydrogens (primary N) is 2. The normalized spacial score (nSPS) is 15.8. The van der Waals surface area contributed by atoms with Gasteiger partial charge in [-0.25, -0.2) is 4.39 Å². The van der Waals surface area contributed by atoms with E-state index in [2.05, 4.69) is 9.69 Å². The summed E-state index contributed by atoms with van der Waals surface area (Å²) in [5.41, 5.74) is 10.8. The highest BCUT2D eigenvalue weighted by atomic mass is 32.1. The fraction of sp³-hybridized carbons (Fsp3) is 0.333. The number of nitrogens with one attached hydrogen (secondary N) is 1. The van der Waals surface area contributed by atoms with E-state index in [1.807, 2.05) is 0 Å². The number of anilines is 2. The lowest BCUT2D eigenvalue weighted by molar-refractivity contribution is -0.120. The van der Waals surface area contributed by atoms with Crippen molar-refractivity contribution < 1.29 is 23.5 Å². The number of ether oxygens (including phenoxy) is 1. The van der Waals surface area contributed by atoms with Gasteiger partial charge in [-0.05, 0) is 42.6 Å². The molecule has 0 radical (unpaired) electrons. The number of carbonyl (C=O) groups excluding carboxylic acids is 3. The highest BCUT2D eigenvalue weighted by Gasteiger charge is 2.28. The van der Waals surface area contributed by atoms with E-state index in [9.17, 15) is 18.8 Å². The van der Waals surface area contributed by atoms with Crippen molar-refractivity contribution in [1.82, 2.24) is 9.69 Å². The summed E-state index contributed by atoms with van der Waals surface area (Å²) >= 11 is 0.688. The average Bonchev–Trinajstić information content (AvgIpc) is 3.33. The maximum atomic E-state index is 13.7. The number of rotatable bonds is 7. The number of nitrogen functional groups attached to an aromatic ring is 1. The largest absolute Gasteiger partial charge is 0.395 e. The van der Waals surface area contributed by atoms with Crippen LogP contribution in [0.4, 0.5) is 15.8 Å². The first-order chi connectivity index (χ1) is 13.9. The van der Waals surface area contributed by atoms with Crippen LogP contribution in [0.15, 0.2) is 24.3 Å². The van der Waals surface area contributed by atoms with Crippen molar-refractivity contribution in [2.24, 2.45) is 5.73 Å². The first kappa shape index (κ1) is 20.7. The first-order valence-electron chi connectivity index (χ1n) is 8.87. The van der Waals surface area contributed by atoms with Gasteiger partial charge in [-0.2, -0.15) is 4.37 Å². The third kappa shape index (κ3) is 4.87. The molecule has 0 bridgehead atoms. The van der Waals surface area contributed by atoms with Crippen LogP contribution < -0.4 is 21.7 Å². The number of carbonyl (C=O) groups is 3. The molecule has 2 heterocycles. The molecule has 0 spiro atoms. The fourth-order valence-corrected chi connectivity index (χ4v) is 3.66. The molecule has 2 aromatic rings. The molecular formula is C18H20FN5O4S. The molecule has 1 aliphatic heterocycles. The molecule has 1 aromatic carbocycles. The molecule has 1 atom stereocenters. The minimum absolute atomic E-state index is 0.0602. The minimum atomic E-state index is -0.871. The van der Waals surface area contributed by atoms with Gasteiger partial charge in [0.1, 0.15) is 17.2 Å². The molecule has 1 unspecified atom stereocenters. The molecule has 0 aliphatic carbocycles. The van der Waals surface area contributed by atoms with Gasteiger partial charge in [0.2, 0.25) is 5.91 Å². The van der Waals surface area contributed by atoms with E-state index in [-0.39, 0.29) is 34.6 Å². The van der Waals surface area contributed by atoms with E-state index >= 15 is 0 Å². The Labute approximate surface area is 170 Å². The summed E-state index contributed by atoms with van der Waals surface area (Å²) < 4.78 is 23.0. The molecular weight excluding hydrogens is 401 g/mol. The maximum Gasteiger partial charge on any atom is 0.272 e. The summed E-state index contributed by atoms with van der Waals surface area (Å²) in [4.78, 5) is 37.9. The Morgan fingerprint density at radius 3 is 2.79 bits per heavy atom. The van der Waals surface area contributed by atoms with Gasteiger partial charge in [-0.15, -0.1) is 0 Å². The Kier molecular flexibility index (Phi) is 6.39. The van der Waals surface area contributed by atoms with Crippen LogP contribution in [0.25, 0.3) is 0 Å². The number of aromatic nitrogens is 1. The van der Waals surface area contributed by atoms with Gasteiger partial charge < -0.3 is 21.5 Å². The van der Waals surface area contributed by atoms with E-state index in [0.29, 0.717) is 24.7 Å². The van der Waals surface area contributed by atoms with Crippen LogP contribution in [0.2, 0.25) is 0 Å². The summed E-state index contributed by atoms with van der Waals surface area (Å²) in [6.07, 6.45) is 1.72. The lowest BCUT2D eigenvalue weighted by Gasteiger charge is -2.22. The molecule has 0 saturated carbocycles. The van der Waals surface area contributed by atoms with E-state index in [4.69, 9.17) is 16.2 Å². The molecule has 1 fully saturated rings. The van der Waals surface area contributed by atoms with Gasteiger partial charge in [0, 0.05) is 18.8 Å². The van der Waals surface area contributed by atoms with E-state index < -0.39 is 23.5 Å². The molecule has 1 aromatic heterocycles. The number of benzene rings is 1. The van der Waals surface area contributed by atoms with Crippen molar-refractivity contribution in [3.8, 4) is 0 Å². The van der Waals surface area contributed by atoms with Crippen molar-refractivity contribution in [2.75, 3.05) is 30.3 Å². The van der Waals surface area contributed by atoms with Crippen LogP contribution in [0.5, 0.6) is 0 Å². The van der Waals surface area contributed by atoms with Gasteiger partial charge in [0.15, 0.2) is 5.69 Å². The Balaban J connectivity index is 1.82. The van der Waals surface area contributed by atoms with E-state index in [1.54, 1.807) is 0 Å². The highest BCUT2D eigenvalue weighted by Crippen LogP contribution is 2.26. The molecule has 9 nitrogen and oxygen atoms in total. The zero-order valence-corrected chi connectivity index (χ0v) is 16.2. The SMILES string of the molecule is NC(=O)c1nsc(C(=O)N(CC(=O)NCC2CCCO2)c2cccc(F)c2)c1N. The Bertz CT molecular complexity index is 929. The Morgan fingerprint density at radius 1 is 1.38 bits per heavy atom. The molecule has 154 valence electrons. The molecule has 3 rings (SSSR count). The lowest BCUT2D eigenvalue weighted by Crippen LogP contribution is -2.43. The second kappa shape index (κ2) is 8.97. The van der Waals surface area contributed by atoms with Crippen LogP contribution in [0, 0.1) is 5.82 Å². The number of hydrogen-bond acceptors (Lipinski definition) is 7. The lowest BCUT2D eigenvalue weighted by atomic mass is 10.2. The fourth-order valence-electron chi connectivity index (χ4n) is 2.91. The number of halogens is 1. The zero-order valence-electron chi connectivity index (χ0n) is 15.4. The quantitative estimate of drug-likeness (QED) is 0.607. The van der Waals surface area contributed by atoms with Crippen molar-refractivity contribution in [2.45, 2.75) is 18.9 Å². The molecule has 11 heteroatoms. The van der Waals surface area contributed by atoms with Crippen molar-refractivity contribution >= 4 is 40.6 Å². The van der Waals surface area contributed by atoms with E-state index in [1.165, 1.54) is 18.2 Å². The number of hydrogen-bond donors (Lipinski definition) is 3. The molecule has 1 aliphatic rings. The average molecular weight is 421 g/mol. The smallest absolute Gasteiger partial charge is 0.272 e. The first-order valence-corrected chi connectivity index (χ1v) is 9.65. The Morgan fingerprint density at radius 2 is 2.17 bits per heavy atom. The Hall–Kier alpha value is -3.05. The predicted octanol–water partition coefficient (Wildman–Crippen LogP) is 0.905. The third-order valence-corrected chi connectivity index (χ3v) is 5.22. The minimum Gasteiger partial charge on any atom is -0.395 e. The van der Waals surface area contributed by atoms with E-state index in [0.717, 1.165) is 23.8 Å². The third-order valence-electron chi connectivity index (χ3n) is 4.37. The van der Waals surface area contributed by atoms with Crippen molar-refractivity contribution in [3.05, 3.63) is 40.7 Å². The van der Waals surface area contributed by atoms with Crippen LogP contribution in [0.1, 0.15) is 33.0 Å². The summed E-state index contributed by atoms with van der Waals surface area (Å²) in [7, 11) is 0.